The zero-order valence-corrected chi connectivity index (χ0v) is 11.0. The molecule has 2 atom stereocenters. The minimum absolute atomic E-state index is 0.0578. The van der Waals surface area contributed by atoms with Crippen LogP contribution >= 0.6 is 0 Å². The van der Waals surface area contributed by atoms with E-state index in [-0.39, 0.29) is 24.0 Å². The van der Waals surface area contributed by atoms with Gasteiger partial charge in [0.2, 0.25) is 11.8 Å². The van der Waals surface area contributed by atoms with Crippen molar-refractivity contribution in [3.05, 3.63) is 0 Å². The van der Waals surface area contributed by atoms with Gasteiger partial charge < -0.3 is 5.11 Å². The Morgan fingerprint density at radius 1 is 1.22 bits per heavy atom. The summed E-state index contributed by atoms with van der Waals surface area (Å²) in [5, 5.41) is 9.95. The summed E-state index contributed by atoms with van der Waals surface area (Å²) in [6.45, 7) is 1.11. The summed E-state index contributed by atoms with van der Waals surface area (Å²) in [4.78, 5) is 26.4. The molecule has 0 bridgehead atoms. The topological polar surface area (TPSA) is 60.9 Å². The lowest BCUT2D eigenvalue weighted by atomic mass is 9.91. The molecule has 0 aromatic rings. The molecule has 1 heterocycles. The second kappa shape index (κ2) is 5.80. The second-order valence-electron chi connectivity index (χ2n) is 5.34. The van der Waals surface area contributed by atoms with Crippen LogP contribution in [0.2, 0.25) is 0 Å². The normalized spacial score (nSPS) is 29.4. The number of amides is 2. The number of rotatable bonds is 4. The van der Waals surface area contributed by atoms with Crippen molar-refractivity contribution in [2.24, 2.45) is 0 Å². The largest absolute Gasteiger partial charge is 0.391 e. The maximum absolute atomic E-state index is 11.5. The quantitative estimate of drug-likeness (QED) is 0.736. The third-order valence-corrected chi connectivity index (χ3v) is 4.09. The van der Waals surface area contributed by atoms with Gasteiger partial charge in [0, 0.05) is 32.0 Å². The molecular formula is C13H22N2O3. The van der Waals surface area contributed by atoms with Gasteiger partial charge in [0.15, 0.2) is 0 Å². The molecule has 2 unspecified atom stereocenters. The maximum Gasteiger partial charge on any atom is 0.229 e. The summed E-state index contributed by atoms with van der Waals surface area (Å²) in [7, 11) is 1.96. The lowest BCUT2D eigenvalue weighted by Crippen LogP contribution is -2.46. The van der Waals surface area contributed by atoms with Gasteiger partial charge in [0.25, 0.3) is 0 Å². The SMILES string of the molecule is CN(CCN1C(=O)CCC1=O)C1CCCCC1O. The molecule has 5 nitrogen and oxygen atoms in total. The van der Waals surface area contributed by atoms with E-state index in [9.17, 15) is 14.7 Å². The molecule has 2 fully saturated rings. The van der Waals surface area contributed by atoms with Crippen molar-refractivity contribution in [2.75, 3.05) is 20.1 Å². The number of hydrogen-bond donors (Lipinski definition) is 1. The van der Waals surface area contributed by atoms with E-state index in [2.05, 4.69) is 4.90 Å². The van der Waals surface area contributed by atoms with Gasteiger partial charge in [0.1, 0.15) is 0 Å². The first-order valence-electron chi connectivity index (χ1n) is 6.81. The summed E-state index contributed by atoms with van der Waals surface area (Å²) in [6, 6.07) is 0.173. The van der Waals surface area contributed by atoms with Gasteiger partial charge in [-0.2, -0.15) is 0 Å². The molecule has 1 saturated heterocycles. The Bertz CT molecular complexity index is 316. The Morgan fingerprint density at radius 2 is 1.83 bits per heavy atom. The fourth-order valence-corrected chi connectivity index (χ4v) is 2.90. The van der Waals surface area contributed by atoms with E-state index in [0.717, 1.165) is 25.7 Å². The van der Waals surface area contributed by atoms with E-state index in [1.54, 1.807) is 0 Å². The highest BCUT2D eigenvalue weighted by atomic mass is 16.3. The molecule has 0 aromatic heterocycles. The van der Waals surface area contributed by atoms with Crippen LogP contribution in [0.4, 0.5) is 0 Å². The lowest BCUT2D eigenvalue weighted by Gasteiger charge is -2.35. The number of hydrogen-bond acceptors (Lipinski definition) is 4. The first-order valence-corrected chi connectivity index (χ1v) is 6.81. The number of likely N-dealkylation sites (N-methyl/N-ethyl adjacent to an activating group) is 1. The molecule has 1 aliphatic carbocycles. The van der Waals surface area contributed by atoms with Crippen molar-refractivity contribution in [3.63, 3.8) is 0 Å². The van der Waals surface area contributed by atoms with E-state index in [0.29, 0.717) is 25.9 Å². The molecule has 5 heteroatoms. The summed E-state index contributed by atoms with van der Waals surface area (Å²) < 4.78 is 0. The van der Waals surface area contributed by atoms with Crippen LogP contribution in [0.15, 0.2) is 0 Å². The van der Waals surface area contributed by atoms with Crippen molar-refractivity contribution in [2.45, 2.75) is 50.7 Å². The highest BCUT2D eigenvalue weighted by Gasteiger charge is 2.30. The maximum atomic E-state index is 11.5. The highest BCUT2D eigenvalue weighted by molar-refractivity contribution is 6.01. The summed E-state index contributed by atoms with van der Waals surface area (Å²) in [6.07, 6.45) is 4.54. The van der Waals surface area contributed by atoms with Crippen molar-refractivity contribution >= 4 is 11.8 Å². The zero-order valence-electron chi connectivity index (χ0n) is 11.0. The first kappa shape index (κ1) is 13.5. The molecule has 1 N–H and O–H groups in total. The van der Waals surface area contributed by atoms with Gasteiger partial charge in [-0.3, -0.25) is 19.4 Å². The Labute approximate surface area is 108 Å². The Morgan fingerprint density at radius 3 is 2.44 bits per heavy atom. The van der Waals surface area contributed by atoms with Gasteiger partial charge in [-0.25, -0.2) is 0 Å². The fraction of sp³-hybridized carbons (Fsp3) is 0.846. The molecule has 0 aromatic carbocycles. The van der Waals surface area contributed by atoms with Gasteiger partial charge >= 0.3 is 0 Å². The van der Waals surface area contributed by atoms with Crippen molar-refractivity contribution in [1.29, 1.82) is 0 Å². The fourth-order valence-electron chi connectivity index (χ4n) is 2.90. The van der Waals surface area contributed by atoms with Crippen LogP contribution in [0.5, 0.6) is 0 Å². The predicted octanol–water partition coefficient (Wildman–Crippen LogP) is 0.371. The smallest absolute Gasteiger partial charge is 0.229 e. The Hall–Kier alpha value is -0.940. The van der Waals surface area contributed by atoms with Crippen molar-refractivity contribution < 1.29 is 14.7 Å². The molecule has 1 saturated carbocycles. The van der Waals surface area contributed by atoms with Gasteiger partial charge in [-0.05, 0) is 19.9 Å². The Kier molecular flexibility index (Phi) is 4.35. The number of imide groups is 1. The van der Waals surface area contributed by atoms with E-state index in [1.807, 2.05) is 7.05 Å². The highest BCUT2D eigenvalue weighted by Crippen LogP contribution is 2.22. The molecule has 2 amide bonds. The third kappa shape index (κ3) is 2.90. The standard InChI is InChI=1S/C13H22N2O3/c1-14(10-4-2-3-5-11(10)16)8-9-15-12(17)6-7-13(15)18/h10-11,16H,2-9H2,1H3. The summed E-state index contributed by atoms with van der Waals surface area (Å²) in [5.74, 6) is -0.116. The second-order valence-corrected chi connectivity index (χ2v) is 5.34. The molecule has 2 aliphatic rings. The van der Waals surface area contributed by atoms with Crippen LogP contribution in [-0.2, 0) is 9.59 Å². The van der Waals surface area contributed by atoms with E-state index >= 15 is 0 Å². The lowest BCUT2D eigenvalue weighted by molar-refractivity contribution is -0.138. The summed E-state index contributed by atoms with van der Waals surface area (Å²) >= 11 is 0. The van der Waals surface area contributed by atoms with E-state index < -0.39 is 0 Å². The minimum Gasteiger partial charge on any atom is -0.391 e. The monoisotopic (exact) mass is 254 g/mol. The van der Waals surface area contributed by atoms with Crippen molar-refractivity contribution in [1.82, 2.24) is 9.80 Å². The van der Waals surface area contributed by atoms with Crippen LogP contribution in [0.25, 0.3) is 0 Å². The third-order valence-electron chi connectivity index (χ3n) is 4.09. The minimum atomic E-state index is -0.270. The number of carbonyl (C=O) groups excluding carboxylic acids is 2. The van der Waals surface area contributed by atoms with Crippen LogP contribution in [0.1, 0.15) is 38.5 Å². The predicted molar refractivity (Wildman–Crippen MR) is 66.8 cm³/mol. The number of aliphatic hydroxyl groups excluding tert-OH is 1. The first-order chi connectivity index (χ1) is 8.59. The van der Waals surface area contributed by atoms with Crippen LogP contribution < -0.4 is 0 Å². The molecule has 2 rings (SSSR count). The number of aliphatic hydroxyl groups is 1. The molecule has 0 radical (unpaired) electrons. The summed E-state index contributed by atoms with van der Waals surface area (Å²) in [5.41, 5.74) is 0. The molecular weight excluding hydrogens is 232 g/mol. The average molecular weight is 254 g/mol. The van der Waals surface area contributed by atoms with Crippen LogP contribution in [-0.4, -0.2) is 59.0 Å². The number of likely N-dealkylation sites (tertiary alicyclic amines) is 1. The van der Waals surface area contributed by atoms with Gasteiger partial charge in [-0.15, -0.1) is 0 Å². The van der Waals surface area contributed by atoms with E-state index in [1.165, 1.54) is 4.90 Å². The number of carbonyl (C=O) groups is 2. The molecule has 102 valence electrons. The molecule has 18 heavy (non-hydrogen) atoms. The van der Waals surface area contributed by atoms with Crippen LogP contribution in [0.3, 0.4) is 0 Å². The average Bonchev–Trinajstić information content (AvgIpc) is 2.67. The molecule has 1 aliphatic heterocycles. The van der Waals surface area contributed by atoms with Gasteiger partial charge in [-0.1, -0.05) is 12.8 Å². The molecule has 0 spiro atoms. The van der Waals surface area contributed by atoms with E-state index in [4.69, 9.17) is 0 Å². The van der Waals surface area contributed by atoms with Crippen molar-refractivity contribution in [3.8, 4) is 0 Å². The Balaban J connectivity index is 1.82. The van der Waals surface area contributed by atoms with Gasteiger partial charge in [0.05, 0.1) is 6.10 Å². The zero-order chi connectivity index (χ0) is 13.1. The number of nitrogens with zero attached hydrogens (tertiary/aromatic N) is 2. The van der Waals surface area contributed by atoms with Crippen LogP contribution in [0, 0.1) is 0 Å².